The normalized spacial score (nSPS) is 14.9. The van der Waals surface area contributed by atoms with Gasteiger partial charge in [-0.25, -0.2) is 0 Å². The zero-order valence-electron chi connectivity index (χ0n) is 8.71. The first-order valence-electron chi connectivity index (χ1n) is 4.68. The summed E-state index contributed by atoms with van der Waals surface area (Å²) in [5.74, 6) is 0.286. The molecule has 74 valence electrons. The highest BCUT2D eigenvalue weighted by atomic mass is 35.5. The van der Waals surface area contributed by atoms with Crippen LogP contribution in [-0.4, -0.2) is 0 Å². The number of rotatable bonds is 2. The second kappa shape index (κ2) is 4.02. The smallest absolute Gasteiger partial charge is 0.0817 e. The summed E-state index contributed by atoms with van der Waals surface area (Å²) < 4.78 is 0. The van der Waals surface area contributed by atoms with Gasteiger partial charge in [-0.2, -0.15) is 5.26 Å². The summed E-state index contributed by atoms with van der Waals surface area (Å²) >= 11 is 5.80. The van der Waals surface area contributed by atoms with Crippen LogP contribution in [0.4, 0.5) is 0 Å². The average Bonchev–Trinajstić information content (AvgIpc) is 2.17. The lowest BCUT2D eigenvalue weighted by molar-refractivity contribution is 0.431. The monoisotopic (exact) mass is 207 g/mol. The van der Waals surface area contributed by atoms with Crippen LogP contribution < -0.4 is 0 Å². The van der Waals surface area contributed by atoms with E-state index in [2.05, 4.69) is 19.9 Å². The fourth-order valence-corrected chi connectivity index (χ4v) is 1.45. The van der Waals surface area contributed by atoms with Crippen molar-refractivity contribution in [3.05, 3.63) is 34.9 Å². The summed E-state index contributed by atoms with van der Waals surface area (Å²) in [5, 5.41) is 9.90. The number of nitriles is 1. The van der Waals surface area contributed by atoms with Crippen molar-refractivity contribution in [3.8, 4) is 6.07 Å². The predicted molar refractivity (Wildman–Crippen MR) is 59.3 cm³/mol. The van der Waals surface area contributed by atoms with Crippen molar-refractivity contribution in [3.63, 3.8) is 0 Å². The van der Waals surface area contributed by atoms with Gasteiger partial charge in [-0.3, -0.25) is 0 Å². The van der Waals surface area contributed by atoms with Crippen LogP contribution in [0.3, 0.4) is 0 Å². The van der Waals surface area contributed by atoms with Crippen LogP contribution in [-0.2, 0) is 5.41 Å². The molecule has 0 aliphatic rings. The maximum absolute atomic E-state index is 9.20. The molecule has 0 aliphatic heterocycles. The van der Waals surface area contributed by atoms with E-state index in [0.29, 0.717) is 5.02 Å². The Kier molecular flexibility index (Phi) is 3.18. The highest BCUT2D eigenvalue weighted by molar-refractivity contribution is 6.30. The Morgan fingerprint density at radius 2 is 1.79 bits per heavy atom. The van der Waals surface area contributed by atoms with Crippen LogP contribution >= 0.6 is 11.6 Å². The minimum Gasteiger partial charge on any atom is -0.197 e. The first-order valence-corrected chi connectivity index (χ1v) is 5.06. The third-order valence-corrected chi connectivity index (χ3v) is 3.08. The van der Waals surface area contributed by atoms with Crippen molar-refractivity contribution < 1.29 is 0 Å². The molecule has 0 spiro atoms. The Morgan fingerprint density at radius 3 is 2.14 bits per heavy atom. The van der Waals surface area contributed by atoms with Crippen LogP contribution in [0, 0.1) is 17.2 Å². The van der Waals surface area contributed by atoms with Crippen molar-refractivity contribution >= 4 is 11.6 Å². The van der Waals surface area contributed by atoms with Crippen LogP contribution in [0.2, 0.25) is 5.02 Å². The molecule has 2 heteroatoms. The zero-order chi connectivity index (χ0) is 10.8. The molecule has 0 saturated carbocycles. The molecule has 0 N–H and O–H groups in total. The molecule has 1 rings (SSSR count). The fraction of sp³-hybridized carbons (Fsp3) is 0.417. The van der Waals surface area contributed by atoms with E-state index in [9.17, 15) is 5.26 Å². The number of nitrogens with zero attached hydrogens (tertiary/aromatic N) is 1. The molecule has 0 saturated heterocycles. The van der Waals surface area contributed by atoms with Gasteiger partial charge in [-0.1, -0.05) is 37.6 Å². The third kappa shape index (κ3) is 1.91. The van der Waals surface area contributed by atoms with Gasteiger partial charge in [0, 0.05) is 5.02 Å². The predicted octanol–water partition coefficient (Wildman–Crippen LogP) is 3.78. The van der Waals surface area contributed by atoms with Crippen molar-refractivity contribution in [1.29, 1.82) is 5.26 Å². The lowest BCUT2D eigenvalue weighted by Crippen LogP contribution is -2.26. The minimum absolute atomic E-state index is 0.286. The second-order valence-corrected chi connectivity index (χ2v) is 4.41. The molecule has 0 fully saturated rings. The Balaban J connectivity index is 3.15. The molecule has 14 heavy (non-hydrogen) atoms. The summed E-state index contributed by atoms with van der Waals surface area (Å²) in [6.07, 6.45) is 0. The van der Waals surface area contributed by atoms with Crippen molar-refractivity contribution in [2.75, 3.05) is 0 Å². The Bertz CT molecular complexity index is 348. The summed E-state index contributed by atoms with van der Waals surface area (Å²) in [6.45, 7) is 6.07. The van der Waals surface area contributed by atoms with Crippen LogP contribution in [0.25, 0.3) is 0 Å². The molecule has 0 aliphatic carbocycles. The number of hydrogen-bond donors (Lipinski definition) is 0. The molecule has 1 aromatic carbocycles. The largest absolute Gasteiger partial charge is 0.197 e. The third-order valence-electron chi connectivity index (χ3n) is 2.83. The van der Waals surface area contributed by atoms with Gasteiger partial charge in [0.25, 0.3) is 0 Å². The van der Waals surface area contributed by atoms with Gasteiger partial charge in [-0.15, -0.1) is 0 Å². The number of halogens is 1. The van der Waals surface area contributed by atoms with E-state index in [0.717, 1.165) is 5.56 Å². The lowest BCUT2D eigenvalue weighted by atomic mass is 9.75. The molecule has 0 radical (unpaired) electrons. The number of benzene rings is 1. The molecule has 1 unspecified atom stereocenters. The summed E-state index contributed by atoms with van der Waals surface area (Å²) in [6, 6.07) is 9.87. The van der Waals surface area contributed by atoms with Gasteiger partial charge in [0.1, 0.15) is 0 Å². The molecule has 0 amide bonds. The maximum atomic E-state index is 9.20. The van der Waals surface area contributed by atoms with E-state index in [4.69, 9.17) is 11.6 Å². The van der Waals surface area contributed by atoms with Crippen LogP contribution in [0.15, 0.2) is 24.3 Å². The molecule has 0 heterocycles. The Hall–Kier alpha value is -1.00. The van der Waals surface area contributed by atoms with Gasteiger partial charge in [0.15, 0.2) is 0 Å². The molecule has 1 aromatic rings. The molecule has 1 nitrogen and oxygen atoms in total. The zero-order valence-corrected chi connectivity index (χ0v) is 9.47. The molecule has 0 aromatic heterocycles. The Labute approximate surface area is 90.3 Å². The maximum Gasteiger partial charge on any atom is 0.0817 e. The van der Waals surface area contributed by atoms with Crippen molar-refractivity contribution in [2.24, 2.45) is 5.92 Å². The molecular weight excluding hydrogens is 194 g/mol. The summed E-state index contributed by atoms with van der Waals surface area (Å²) in [7, 11) is 0. The topological polar surface area (TPSA) is 23.8 Å². The van der Waals surface area contributed by atoms with Gasteiger partial charge in [-0.05, 0) is 30.5 Å². The van der Waals surface area contributed by atoms with Gasteiger partial charge in [0.2, 0.25) is 0 Å². The lowest BCUT2D eigenvalue weighted by Gasteiger charge is -2.26. The fourth-order valence-electron chi connectivity index (χ4n) is 1.32. The Morgan fingerprint density at radius 1 is 1.29 bits per heavy atom. The standard InChI is InChI=1S/C12H14ClN/c1-9(2)12(3,8-14)10-4-6-11(13)7-5-10/h4-7,9H,1-3H3. The van der Waals surface area contributed by atoms with Gasteiger partial charge < -0.3 is 0 Å². The van der Waals surface area contributed by atoms with Crippen molar-refractivity contribution in [2.45, 2.75) is 26.2 Å². The van der Waals surface area contributed by atoms with Gasteiger partial charge >= 0.3 is 0 Å². The first-order chi connectivity index (χ1) is 6.50. The highest BCUT2D eigenvalue weighted by Gasteiger charge is 2.30. The quantitative estimate of drug-likeness (QED) is 0.724. The SMILES string of the molecule is CC(C)C(C)(C#N)c1ccc(Cl)cc1. The average molecular weight is 208 g/mol. The second-order valence-electron chi connectivity index (χ2n) is 3.98. The molecule has 0 bridgehead atoms. The highest BCUT2D eigenvalue weighted by Crippen LogP contribution is 2.31. The van der Waals surface area contributed by atoms with E-state index >= 15 is 0 Å². The first kappa shape index (κ1) is 11.1. The number of hydrogen-bond acceptors (Lipinski definition) is 1. The molecular formula is C12H14ClN. The molecule has 1 atom stereocenters. The summed E-state index contributed by atoms with van der Waals surface area (Å²) in [5.41, 5.74) is 0.601. The van der Waals surface area contributed by atoms with Crippen molar-refractivity contribution in [1.82, 2.24) is 0 Å². The van der Waals surface area contributed by atoms with E-state index < -0.39 is 5.41 Å². The van der Waals surface area contributed by atoms with Crippen LogP contribution in [0.5, 0.6) is 0 Å². The van der Waals surface area contributed by atoms with E-state index in [-0.39, 0.29) is 5.92 Å². The van der Waals surface area contributed by atoms with E-state index in [1.165, 1.54) is 0 Å². The minimum atomic E-state index is -0.426. The van der Waals surface area contributed by atoms with Gasteiger partial charge in [0.05, 0.1) is 11.5 Å². The van der Waals surface area contributed by atoms with E-state index in [1.54, 1.807) is 0 Å². The van der Waals surface area contributed by atoms with Crippen LogP contribution in [0.1, 0.15) is 26.3 Å². The summed E-state index contributed by atoms with van der Waals surface area (Å²) in [4.78, 5) is 0. The van der Waals surface area contributed by atoms with E-state index in [1.807, 2.05) is 31.2 Å².